The van der Waals surface area contributed by atoms with Crippen LogP contribution in [0, 0.1) is 6.92 Å². The number of aliphatic hydroxyl groups is 1. The molecular weight excluding hydrogens is 346 g/mol. The second-order valence-electron chi connectivity index (χ2n) is 7.98. The Balaban J connectivity index is 1.31. The summed E-state index contributed by atoms with van der Waals surface area (Å²) < 4.78 is 2.16. The highest BCUT2D eigenvalue weighted by molar-refractivity contribution is 5.25. The summed E-state index contributed by atoms with van der Waals surface area (Å²) in [5.74, 6) is 1.04. The van der Waals surface area contributed by atoms with E-state index < -0.39 is 5.60 Å². The Labute approximate surface area is 167 Å². The predicted molar refractivity (Wildman–Crippen MR) is 112 cm³/mol. The number of rotatable bonds is 6. The number of imidazole rings is 1. The Bertz CT molecular complexity index is 895. The first-order valence-electron chi connectivity index (χ1n) is 10.2. The van der Waals surface area contributed by atoms with Gasteiger partial charge in [-0.1, -0.05) is 54.6 Å². The molecular formula is C24H29N3O. The van der Waals surface area contributed by atoms with Gasteiger partial charge in [0, 0.05) is 31.5 Å². The van der Waals surface area contributed by atoms with Gasteiger partial charge in [0.2, 0.25) is 0 Å². The summed E-state index contributed by atoms with van der Waals surface area (Å²) in [4.78, 5) is 4.30. The van der Waals surface area contributed by atoms with Crippen molar-refractivity contribution in [3.63, 3.8) is 0 Å². The standard InChI is InChI=1S/C24H29N3O/c1-19-25-14-15-27(19)18-21-7-5-6-20(16-21)17-26-23-10-12-24(28,13-11-23)22-8-3-2-4-9-22/h2-9,14-16,23,26,28H,10-13,17-18H2,1H3. The molecule has 0 saturated heterocycles. The van der Waals surface area contributed by atoms with Gasteiger partial charge in [0.1, 0.15) is 5.82 Å². The molecule has 3 aromatic rings. The molecule has 1 fully saturated rings. The number of hydrogen-bond donors (Lipinski definition) is 2. The van der Waals surface area contributed by atoms with Gasteiger partial charge in [0.15, 0.2) is 0 Å². The third-order valence-electron chi connectivity index (χ3n) is 5.99. The summed E-state index contributed by atoms with van der Waals surface area (Å²) in [5.41, 5.74) is 2.99. The van der Waals surface area contributed by atoms with Crippen LogP contribution in [0.15, 0.2) is 67.0 Å². The minimum absolute atomic E-state index is 0.462. The fraction of sp³-hybridized carbons (Fsp3) is 0.375. The minimum Gasteiger partial charge on any atom is -0.385 e. The van der Waals surface area contributed by atoms with Gasteiger partial charge >= 0.3 is 0 Å². The Morgan fingerprint density at radius 3 is 2.54 bits per heavy atom. The van der Waals surface area contributed by atoms with Gasteiger partial charge in [-0.15, -0.1) is 0 Å². The first-order valence-corrected chi connectivity index (χ1v) is 10.2. The van der Waals surface area contributed by atoms with Crippen LogP contribution in [0.4, 0.5) is 0 Å². The monoisotopic (exact) mass is 375 g/mol. The highest BCUT2D eigenvalue weighted by Crippen LogP contribution is 2.37. The molecule has 0 spiro atoms. The Kier molecular flexibility index (Phi) is 5.60. The molecule has 1 aliphatic rings. The molecule has 1 saturated carbocycles. The minimum atomic E-state index is -0.665. The fourth-order valence-corrected chi connectivity index (χ4v) is 4.20. The SMILES string of the molecule is Cc1nccn1Cc1cccc(CNC2CCC(O)(c3ccccc3)CC2)c1. The third-order valence-corrected chi connectivity index (χ3v) is 5.99. The molecule has 0 bridgehead atoms. The van der Waals surface area contributed by atoms with E-state index in [9.17, 15) is 5.11 Å². The largest absolute Gasteiger partial charge is 0.385 e. The molecule has 28 heavy (non-hydrogen) atoms. The number of aryl methyl sites for hydroxylation is 1. The topological polar surface area (TPSA) is 50.1 Å². The van der Waals surface area contributed by atoms with Gasteiger partial charge in [0.25, 0.3) is 0 Å². The molecule has 0 aliphatic heterocycles. The summed E-state index contributed by atoms with van der Waals surface area (Å²) >= 11 is 0. The van der Waals surface area contributed by atoms with Crippen molar-refractivity contribution in [3.8, 4) is 0 Å². The van der Waals surface area contributed by atoms with Crippen LogP contribution in [0.3, 0.4) is 0 Å². The molecule has 0 atom stereocenters. The Hall–Kier alpha value is -2.43. The van der Waals surface area contributed by atoms with Gasteiger partial charge in [-0.2, -0.15) is 0 Å². The highest BCUT2D eigenvalue weighted by atomic mass is 16.3. The van der Waals surface area contributed by atoms with E-state index in [2.05, 4.69) is 39.1 Å². The fourth-order valence-electron chi connectivity index (χ4n) is 4.20. The Morgan fingerprint density at radius 1 is 1.07 bits per heavy atom. The molecule has 1 aliphatic carbocycles. The van der Waals surface area contributed by atoms with Crippen LogP contribution in [-0.4, -0.2) is 20.7 Å². The smallest absolute Gasteiger partial charge is 0.105 e. The van der Waals surface area contributed by atoms with Crippen LogP contribution in [0.2, 0.25) is 0 Å². The molecule has 4 heteroatoms. The maximum Gasteiger partial charge on any atom is 0.105 e. The van der Waals surface area contributed by atoms with Crippen molar-refractivity contribution < 1.29 is 5.11 Å². The lowest BCUT2D eigenvalue weighted by Crippen LogP contribution is -2.39. The highest BCUT2D eigenvalue weighted by Gasteiger charge is 2.34. The second-order valence-corrected chi connectivity index (χ2v) is 7.98. The summed E-state index contributed by atoms with van der Waals surface area (Å²) in [5, 5.41) is 14.7. The zero-order valence-electron chi connectivity index (χ0n) is 16.5. The van der Waals surface area contributed by atoms with E-state index in [1.54, 1.807) is 0 Å². The zero-order chi connectivity index (χ0) is 19.4. The predicted octanol–water partition coefficient (Wildman–Crippen LogP) is 4.16. The number of nitrogens with one attached hydrogen (secondary N) is 1. The number of benzene rings is 2. The summed E-state index contributed by atoms with van der Waals surface area (Å²) in [7, 11) is 0. The van der Waals surface area contributed by atoms with E-state index in [4.69, 9.17) is 0 Å². The maximum atomic E-state index is 11.0. The quantitative estimate of drug-likeness (QED) is 0.680. The number of aromatic nitrogens is 2. The van der Waals surface area contributed by atoms with Crippen LogP contribution in [0.5, 0.6) is 0 Å². The van der Waals surface area contributed by atoms with Gasteiger partial charge in [-0.25, -0.2) is 4.98 Å². The molecule has 1 aromatic heterocycles. The van der Waals surface area contributed by atoms with Gasteiger partial charge in [-0.05, 0) is 49.3 Å². The molecule has 4 nitrogen and oxygen atoms in total. The average molecular weight is 376 g/mol. The second kappa shape index (κ2) is 8.29. The van der Waals surface area contributed by atoms with Crippen molar-refractivity contribution >= 4 is 0 Å². The number of nitrogens with zero attached hydrogens (tertiary/aromatic N) is 2. The first kappa shape index (κ1) is 18.9. The van der Waals surface area contributed by atoms with Crippen LogP contribution in [0.1, 0.15) is 48.2 Å². The zero-order valence-corrected chi connectivity index (χ0v) is 16.5. The van der Waals surface area contributed by atoms with E-state index in [0.717, 1.165) is 50.2 Å². The molecule has 146 valence electrons. The lowest BCUT2D eigenvalue weighted by Gasteiger charge is -2.37. The average Bonchev–Trinajstić information content (AvgIpc) is 3.13. The molecule has 1 heterocycles. The Morgan fingerprint density at radius 2 is 1.82 bits per heavy atom. The van der Waals surface area contributed by atoms with Crippen LogP contribution in [0.25, 0.3) is 0 Å². The van der Waals surface area contributed by atoms with Crippen LogP contribution in [-0.2, 0) is 18.7 Å². The van der Waals surface area contributed by atoms with E-state index in [1.807, 2.05) is 49.6 Å². The number of hydrogen-bond acceptors (Lipinski definition) is 3. The first-order chi connectivity index (χ1) is 13.6. The third kappa shape index (κ3) is 4.34. The van der Waals surface area contributed by atoms with Crippen molar-refractivity contribution in [2.45, 2.75) is 57.3 Å². The van der Waals surface area contributed by atoms with Gasteiger partial charge in [-0.3, -0.25) is 0 Å². The van der Waals surface area contributed by atoms with Crippen molar-refractivity contribution in [1.82, 2.24) is 14.9 Å². The lowest BCUT2D eigenvalue weighted by molar-refractivity contribution is -0.00847. The van der Waals surface area contributed by atoms with Crippen molar-refractivity contribution in [1.29, 1.82) is 0 Å². The van der Waals surface area contributed by atoms with Gasteiger partial charge in [0.05, 0.1) is 5.60 Å². The maximum absolute atomic E-state index is 11.0. The molecule has 2 aromatic carbocycles. The van der Waals surface area contributed by atoms with E-state index in [1.165, 1.54) is 11.1 Å². The molecule has 0 amide bonds. The lowest BCUT2D eigenvalue weighted by atomic mass is 9.78. The van der Waals surface area contributed by atoms with Crippen LogP contribution >= 0.6 is 0 Å². The van der Waals surface area contributed by atoms with E-state index >= 15 is 0 Å². The summed E-state index contributed by atoms with van der Waals surface area (Å²) in [6.45, 7) is 3.75. The van der Waals surface area contributed by atoms with Gasteiger partial charge < -0.3 is 15.0 Å². The molecule has 2 N–H and O–H groups in total. The van der Waals surface area contributed by atoms with E-state index in [-0.39, 0.29) is 0 Å². The van der Waals surface area contributed by atoms with Crippen molar-refractivity contribution in [2.75, 3.05) is 0 Å². The van der Waals surface area contributed by atoms with E-state index in [0.29, 0.717) is 6.04 Å². The molecule has 0 unspecified atom stereocenters. The summed E-state index contributed by atoms with van der Waals surface area (Å²) in [6, 6.07) is 19.3. The molecule has 0 radical (unpaired) electrons. The van der Waals surface area contributed by atoms with Crippen molar-refractivity contribution in [2.24, 2.45) is 0 Å². The summed E-state index contributed by atoms with van der Waals surface area (Å²) in [6.07, 6.45) is 7.50. The molecule has 4 rings (SSSR count). The normalized spacial score (nSPS) is 22.3. The van der Waals surface area contributed by atoms with Crippen molar-refractivity contribution in [3.05, 3.63) is 89.5 Å². The van der Waals surface area contributed by atoms with Crippen LogP contribution < -0.4 is 5.32 Å².